The third-order valence-electron chi connectivity index (χ3n) is 13.4. The van der Waals surface area contributed by atoms with Gasteiger partial charge in [-0.1, -0.05) is 34.1 Å². The zero-order valence-corrected chi connectivity index (χ0v) is 23.4. The van der Waals surface area contributed by atoms with Crippen LogP contribution in [0.1, 0.15) is 113 Å². The van der Waals surface area contributed by atoms with Crippen LogP contribution in [0.15, 0.2) is 0 Å². The van der Waals surface area contributed by atoms with Gasteiger partial charge in [0.25, 0.3) is 0 Å². The molecule has 11 atom stereocenters. The van der Waals surface area contributed by atoms with Gasteiger partial charge in [0.1, 0.15) is 0 Å². The van der Waals surface area contributed by atoms with E-state index in [9.17, 15) is 9.90 Å². The second-order valence-corrected chi connectivity index (χ2v) is 15.3. The van der Waals surface area contributed by atoms with E-state index in [-0.39, 0.29) is 18.2 Å². The normalized spacial score (nSPS) is 52.7. The van der Waals surface area contributed by atoms with Gasteiger partial charge in [-0.2, -0.15) is 0 Å². The molecule has 35 heavy (non-hydrogen) atoms. The largest absolute Gasteiger partial charge is 0.457 e. The summed E-state index contributed by atoms with van der Waals surface area (Å²) in [5, 5.41) is 10.8. The van der Waals surface area contributed by atoms with Gasteiger partial charge in [-0.25, -0.2) is 0 Å². The lowest BCUT2D eigenvalue weighted by Crippen LogP contribution is -2.53. The van der Waals surface area contributed by atoms with Crippen LogP contribution in [0.3, 0.4) is 0 Å². The molecule has 0 aromatic rings. The van der Waals surface area contributed by atoms with E-state index < -0.39 is 11.7 Å². The lowest BCUT2D eigenvalue weighted by molar-refractivity contribution is -0.200. The van der Waals surface area contributed by atoms with Crippen molar-refractivity contribution in [1.29, 1.82) is 0 Å². The summed E-state index contributed by atoms with van der Waals surface area (Å²) in [6.45, 7) is 15.3. The van der Waals surface area contributed by atoms with Crippen LogP contribution in [0.5, 0.6) is 0 Å². The molecule has 4 nitrogen and oxygen atoms in total. The number of esters is 1. The third-order valence-corrected chi connectivity index (χ3v) is 13.4. The number of aliphatic hydroxyl groups is 1. The Morgan fingerprint density at radius 2 is 1.69 bits per heavy atom. The van der Waals surface area contributed by atoms with E-state index in [0.717, 1.165) is 36.5 Å². The number of hydrogen-bond donors (Lipinski definition) is 1. The quantitative estimate of drug-likeness (QED) is 0.461. The molecule has 4 heteroatoms. The molecule has 1 aliphatic heterocycles. The van der Waals surface area contributed by atoms with Crippen LogP contribution in [0.25, 0.3) is 0 Å². The Bertz CT molecular complexity index is 889. The van der Waals surface area contributed by atoms with Crippen molar-refractivity contribution in [3.8, 4) is 0 Å². The van der Waals surface area contributed by atoms with Crippen LogP contribution in [-0.2, 0) is 14.3 Å². The summed E-state index contributed by atoms with van der Waals surface area (Å²) in [6, 6.07) is 0. The maximum Gasteiger partial charge on any atom is 0.303 e. The van der Waals surface area contributed by atoms with Gasteiger partial charge in [-0.05, 0) is 123 Å². The molecule has 0 aromatic carbocycles. The van der Waals surface area contributed by atoms with Gasteiger partial charge in [0.15, 0.2) is 6.10 Å². The minimum Gasteiger partial charge on any atom is -0.457 e. The van der Waals surface area contributed by atoms with Crippen molar-refractivity contribution in [3.05, 3.63) is 0 Å². The predicted molar refractivity (Wildman–Crippen MR) is 137 cm³/mol. The average Bonchev–Trinajstić information content (AvgIpc) is 3.13. The van der Waals surface area contributed by atoms with Crippen LogP contribution in [-0.4, -0.2) is 35.0 Å². The number of carbonyl (C=O) groups excluding carboxylic acids is 1. The smallest absolute Gasteiger partial charge is 0.303 e. The Hall–Kier alpha value is -0.610. The van der Waals surface area contributed by atoms with Crippen LogP contribution >= 0.6 is 0 Å². The molecule has 0 radical (unpaired) electrons. The fourth-order valence-electron chi connectivity index (χ4n) is 12.2. The van der Waals surface area contributed by atoms with Crippen molar-refractivity contribution in [2.45, 2.75) is 137 Å². The molecule has 0 amide bonds. The summed E-state index contributed by atoms with van der Waals surface area (Å²) in [7, 11) is 0. The van der Waals surface area contributed by atoms with Gasteiger partial charge in [0.2, 0.25) is 0 Å². The lowest BCUT2D eigenvalue weighted by atomic mass is 9.46. The highest BCUT2D eigenvalue weighted by atomic mass is 16.6. The molecular formula is C31H50O4. The molecule has 2 spiro atoms. The standard InChI is InChI=1S/C31H50O4/c1-18-30-16-15-29(7)21-9-11-23(26(28(5,6)33)34-19(2)32)35-24(21)17-22(29)20(30)10-12-25-27(3,4)13-8-14-31(18,25)30/h18,20-26,33H,8-17H2,1-7H3. The Kier molecular flexibility index (Phi) is 5.29. The van der Waals surface area contributed by atoms with Crippen LogP contribution in [0.2, 0.25) is 0 Å². The second-order valence-electron chi connectivity index (χ2n) is 15.3. The number of fused-ring (bicyclic) bond motifs is 4. The molecule has 0 bridgehead atoms. The van der Waals surface area contributed by atoms with E-state index in [2.05, 4.69) is 27.7 Å². The number of carbonyl (C=O) groups is 1. The van der Waals surface area contributed by atoms with Gasteiger partial charge >= 0.3 is 5.97 Å². The van der Waals surface area contributed by atoms with E-state index in [1.165, 1.54) is 58.3 Å². The summed E-state index contributed by atoms with van der Waals surface area (Å²) in [6.07, 6.45) is 12.6. The highest BCUT2D eigenvalue weighted by Gasteiger charge is 2.84. The van der Waals surface area contributed by atoms with Crippen LogP contribution in [0, 0.1) is 51.2 Å². The Morgan fingerprint density at radius 3 is 2.37 bits per heavy atom. The Labute approximate surface area is 213 Å². The first-order valence-electron chi connectivity index (χ1n) is 14.8. The van der Waals surface area contributed by atoms with Crippen molar-refractivity contribution in [3.63, 3.8) is 0 Å². The predicted octanol–water partition coefficient (Wildman–Crippen LogP) is 6.53. The Balaban J connectivity index is 1.27. The molecule has 1 N–H and O–H groups in total. The first kappa shape index (κ1) is 24.7. The maximum atomic E-state index is 11.8. The van der Waals surface area contributed by atoms with E-state index in [1.54, 1.807) is 13.8 Å². The lowest BCUT2D eigenvalue weighted by Gasteiger charge is -2.58. The summed E-state index contributed by atoms with van der Waals surface area (Å²) in [5.74, 6) is 3.68. The number of hydrogen-bond acceptors (Lipinski definition) is 4. The van der Waals surface area contributed by atoms with Crippen molar-refractivity contribution < 1.29 is 19.4 Å². The zero-order valence-electron chi connectivity index (χ0n) is 23.4. The number of rotatable bonds is 3. The van der Waals surface area contributed by atoms with E-state index in [4.69, 9.17) is 9.47 Å². The topological polar surface area (TPSA) is 55.8 Å². The maximum absolute atomic E-state index is 11.8. The van der Waals surface area contributed by atoms with Crippen LogP contribution < -0.4 is 0 Å². The summed E-state index contributed by atoms with van der Waals surface area (Å²) < 4.78 is 12.4. The SMILES string of the molecule is CC(=O)OC(C1CCC2C(CC3C4CCC5C(C)(C)CCCC56C(C)C46CCC23C)O1)C(C)(C)O. The molecule has 11 unspecified atom stereocenters. The first-order chi connectivity index (χ1) is 16.3. The van der Waals surface area contributed by atoms with Crippen molar-refractivity contribution in [2.75, 3.05) is 0 Å². The van der Waals surface area contributed by atoms with E-state index >= 15 is 0 Å². The van der Waals surface area contributed by atoms with E-state index in [0.29, 0.717) is 27.6 Å². The molecule has 0 aromatic heterocycles. The molecule has 1 heterocycles. The van der Waals surface area contributed by atoms with Gasteiger partial charge in [-0.15, -0.1) is 0 Å². The fraction of sp³-hybridized carbons (Fsp3) is 0.968. The van der Waals surface area contributed by atoms with Gasteiger partial charge in [0.05, 0.1) is 17.8 Å². The minimum atomic E-state index is -1.11. The third kappa shape index (κ3) is 3.08. The molecule has 6 rings (SSSR count). The molecule has 6 aliphatic rings. The molecular weight excluding hydrogens is 436 g/mol. The zero-order chi connectivity index (χ0) is 25.2. The van der Waals surface area contributed by atoms with Crippen molar-refractivity contribution >= 4 is 5.97 Å². The monoisotopic (exact) mass is 486 g/mol. The van der Waals surface area contributed by atoms with Gasteiger partial charge in [-0.3, -0.25) is 4.79 Å². The Morgan fingerprint density at radius 1 is 0.971 bits per heavy atom. The van der Waals surface area contributed by atoms with Gasteiger partial charge < -0.3 is 14.6 Å². The fourth-order valence-corrected chi connectivity index (χ4v) is 12.2. The highest BCUT2D eigenvalue weighted by molar-refractivity contribution is 5.66. The van der Waals surface area contributed by atoms with Gasteiger partial charge in [0, 0.05) is 6.92 Å². The second kappa shape index (κ2) is 7.49. The van der Waals surface area contributed by atoms with E-state index in [1.807, 2.05) is 0 Å². The van der Waals surface area contributed by atoms with Crippen molar-refractivity contribution in [2.24, 2.45) is 51.2 Å². The average molecular weight is 487 g/mol. The summed E-state index contributed by atoms with van der Waals surface area (Å²) in [5.41, 5.74) is 0.961. The number of ether oxygens (including phenoxy) is 2. The molecule has 198 valence electrons. The van der Waals surface area contributed by atoms with Crippen molar-refractivity contribution in [1.82, 2.24) is 0 Å². The molecule has 1 saturated heterocycles. The summed E-state index contributed by atoms with van der Waals surface area (Å²) in [4.78, 5) is 11.8. The molecule has 5 saturated carbocycles. The highest BCUT2D eigenvalue weighted by Crippen LogP contribution is 2.89. The summed E-state index contributed by atoms with van der Waals surface area (Å²) >= 11 is 0. The minimum absolute atomic E-state index is 0.209. The van der Waals surface area contributed by atoms with Crippen LogP contribution in [0.4, 0.5) is 0 Å². The molecule has 5 aliphatic carbocycles. The molecule has 6 fully saturated rings. The first-order valence-corrected chi connectivity index (χ1v) is 14.8.